The van der Waals surface area contributed by atoms with Crippen LogP contribution in [0.4, 0.5) is 5.82 Å². The van der Waals surface area contributed by atoms with Crippen LogP contribution in [0.15, 0.2) is 24.4 Å². The average molecular weight is 306 g/mol. The summed E-state index contributed by atoms with van der Waals surface area (Å²) in [6.07, 6.45) is 4.68. The third-order valence-corrected chi connectivity index (χ3v) is 4.12. The molecule has 3 N–H and O–H groups in total. The molecule has 7 heteroatoms. The molecule has 1 aliphatic heterocycles. The molecule has 1 amide bonds. The van der Waals surface area contributed by atoms with E-state index in [-0.39, 0.29) is 28.5 Å². The minimum Gasteiger partial charge on any atom is -0.381 e. The van der Waals surface area contributed by atoms with Gasteiger partial charge >= 0.3 is 0 Å². The normalized spacial score (nSPS) is 18.7. The van der Waals surface area contributed by atoms with Gasteiger partial charge in [-0.25, -0.2) is 0 Å². The lowest BCUT2D eigenvalue weighted by atomic mass is 9.98. The number of halogens is 1. The summed E-state index contributed by atoms with van der Waals surface area (Å²) in [6, 6.07) is 5.71. The molecule has 0 radical (unpaired) electrons. The van der Waals surface area contributed by atoms with E-state index in [0.29, 0.717) is 6.54 Å². The van der Waals surface area contributed by atoms with E-state index in [4.69, 9.17) is 17.3 Å². The highest BCUT2D eigenvalue weighted by Crippen LogP contribution is 2.32. The number of carbonyl (C=O) groups excluding carboxylic acids is 1. The third-order valence-electron chi connectivity index (χ3n) is 3.74. The van der Waals surface area contributed by atoms with Gasteiger partial charge in [-0.1, -0.05) is 17.7 Å². The Morgan fingerprint density at radius 1 is 1.43 bits per heavy atom. The van der Waals surface area contributed by atoms with Crippen LogP contribution in [0, 0.1) is 0 Å². The Morgan fingerprint density at radius 3 is 2.95 bits per heavy atom. The molecule has 1 atom stereocenters. The van der Waals surface area contributed by atoms with E-state index in [9.17, 15) is 4.79 Å². The summed E-state index contributed by atoms with van der Waals surface area (Å²) in [5.41, 5.74) is 6.74. The van der Waals surface area contributed by atoms with Crippen molar-refractivity contribution in [3.05, 3.63) is 40.8 Å². The second kappa shape index (κ2) is 5.73. The van der Waals surface area contributed by atoms with Crippen molar-refractivity contribution < 1.29 is 4.79 Å². The molecule has 0 unspecified atom stereocenters. The molecule has 6 nitrogen and oxygen atoms in total. The summed E-state index contributed by atoms with van der Waals surface area (Å²) < 4.78 is 0. The number of rotatable bonds is 2. The van der Waals surface area contributed by atoms with Gasteiger partial charge < -0.3 is 10.6 Å². The lowest BCUT2D eigenvalue weighted by molar-refractivity contribution is 0.0600. The summed E-state index contributed by atoms with van der Waals surface area (Å²) in [5, 5.41) is 6.60. The van der Waals surface area contributed by atoms with E-state index in [0.717, 1.165) is 25.0 Å². The van der Waals surface area contributed by atoms with Crippen molar-refractivity contribution >= 4 is 23.3 Å². The second-order valence-electron chi connectivity index (χ2n) is 5.06. The fourth-order valence-corrected chi connectivity index (χ4v) is 2.85. The van der Waals surface area contributed by atoms with Crippen molar-refractivity contribution in [1.82, 2.24) is 20.1 Å². The fourth-order valence-electron chi connectivity index (χ4n) is 2.68. The lowest BCUT2D eigenvalue weighted by Crippen LogP contribution is -2.39. The minimum atomic E-state index is -0.181. The fraction of sp³-hybridized carbons (Fsp3) is 0.357. The molecule has 0 aromatic carbocycles. The van der Waals surface area contributed by atoms with E-state index < -0.39 is 0 Å². The number of nitrogens with two attached hydrogens (primary N) is 1. The van der Waals surface area contributed by atoms with Crippen LogP contribution in [-0.2, 0) is 0 Å². The number of aromatic nitrogens is 3. The number of carbonyl (C=O) groups is 1. The second-order valence-corrected chi connectivity index (χ2v) is 5.44. The van der Waals surface area contributed by atoms with Gasteiger partial charge in [-0.3, -0.25) is 14.9 Å². The van der Waals surface area contributed by atoms with Gasteiger partial charge in [0.15, 0.2) is 5.82 Å². The number of nitrogens with zero attached hydrogens (tertiary/aromatic N) is 3. The highest BCUT2D eigenvalue weighted by Gasteiger charge is 2.31. The molecule has 1 saturated heterocycles. The van der Waals surface area contributed by atoms with Gasteiger partial charge in [0, 0.05) is 12.7 Å². The molecule has 0 aliphatic carbocycles. The summed E-state index contributed by atoms with van der Waals surface area (Å²) in [6.45, 7) is 0.676. The standard InChI is InChI=1S/C14H16ClN5O/c15-11-12(18-19-13(11)16)14(21)20-8-4-2-6-10(20)9-5-1-3-7-17-9/h1,3,5,7,10H,2,4,6,8H2,(H3,16,18,19)/t10-/m1/s1. The molecular formula is C14H16ClN5O. The molecule has 0 saturated carbocycles. The maximum atomic E-state index is 12.7. The van der Waals surface area contributed by atoms with Crippen LogP contribution < -0.4 is 5.73 Å². The molecule has 21 heavy (non-hydrogen) atoms. The van der Waals surface area contributed by atoms with Crippen molar-refractivity contribution in [2.45, 2.75) is 25.3 Å². The van der Waals surface area contributed by atoms with Crippen LogP contribution in [0.25, 0.3) is 0 Å². The highest BCUT2D eigenvalue weighted by molar-refractivity contribution is 6.35. The largest absolute Gasteiger partial charge is 0.381 e. The molecule has 1 aliphatic rings. The first-order valence-electron chi connectivity index (χ1n) is 6.89. The van der Waals surface area contributed by atoms with E-state index >= 15 is 0 Å². The number of H-pyrrole nitrogens is 1. The zero-order valence-corrected chi connectivity index (χ0v) is 12.2. The summed E-state index contributed by atoms with van der Waals surface area (Å²) in [5.74, 6) is -0.0361. The first-order chi connectivity index (χ1) is 10.2. The van der Waals surface area contributed by atoms with Crippen LogP contribution in [0.3, 0.4) is 0 Å². The number of nitrogen functional groups attached to an aromatic ring is 1. The number of hydrogen-bond donors (Lipinski definition) is 2. The first kappa shape index (κ1) is 13.9. The quantitative estimate of drug-likeness (QED) is 0.892. The summed E-state index contributed by atoms with van der Waals surface area (Å²) >= 11 is 6.03. The van der Waals surface area contributed by atoms with Crippen LogP contribution >= 0.6 is 11.6 Å². The number of amides is 1. The maximum Gasteiger partial charge on any atom is 0.274 e. The SMILES string of the molecule is Nc1n[nH]c(C(=O)N2CCCC[C@@H]2c2ccccn2)c1Cl. The van der Waals surface area contributed by atoms with Gasteiger partial charge in [-0.05, 0) is 31.4 Å². The van der Waals surface area contributed by atoms with Gasteiger partial charge in [0.05, 0.1) is 11.7 Å². The number of likely N-dealkylation sites (tertiary alicyclic amines) is 1. The summed E-state index contributed by atoms with van der Waals surface area (Å²) in [4.78, 5) is 18.9. The van der Waals surface area contributed by atoms with Crippen molar-refractivity contribution in [3.63, 3.8) is 0 Å². The average Bonchev–Trinajstić information content (AvgIpc) is 2.87. The maximum absolute atomic E-state index is 12.7. The van der Waals surface area contributed by atoms with Crippen LogP contribution in [0.1, 0.15) is 41.5 Å². The van der Waals surface area contributed by atoms with E-state index in [1.54, 1.807) is 11.1 Å². The topological polar surface area (TPSA) is 87.9 Å². The smallest absolute Gasteiger partial charge is 0.274 e. The Balaban J connectivity index is 1.91. The van der Waals surface area contributed by atoms with E-state index in [1.807, 2.05) is 18.2 Å². The Morgan fingerprint density at radius 2 is 2.29 bits per heavy atom. The van der Waals surface area contributed by atoms with Crippen molar-refractivity contribution in [2.24, 2.45) is 0 Å². The monoisotopic (exact) mass is 305 g/mol. The third kappa shape index (κ3) is 2.58. The van der Waals surface area contributed by atoms with Gasteiger partial charge in [0.1, 0.15) is 10.7 Å². The predicted molar refractivity (Wildman–Crippen MR) is 79.9 cm³/mol. The van der Waals surface area contributed by atoms with Crippen molar-refractivity contribution in [3.8, 4) is 0 Å². The van der Waals surface area contributed by atoms with E-state index in [1.165, 1.54) is 0 Å². The molecule has 2 aromatic rings. The van der Waals surface area contributed by atoms with Crippen LogP contribution in [-0.4, -0.2) is 32.5 Å². The molecule has 110 valence electrons. The van der Waals surface area contributed by atoms with Crippen LogP contribution in [0.2, 0.25) is 5.02 Å². The van der Waals surface area contributed by atoms with Crippen LogP contribution in [0.5, 0.6) is 0 Å². The van der Waals surface area contributed by atoms with Crippen molar-refractivity contribution in [1.29, 1.82) is 0 Å². The lowest BCUT2D eigenvalue weighted by Gasteiger charge is -2.35. The number of aromatic amines is 1. The zero-order valence-electron chi connectivity index (χ0n) is 11.4. The number of piperidine rings is 1. The molecular weight excluding hydrogens is 290 g/mol. The van der Waals surface area contributed by atoms with Crippen molar-refractivity contribution in [2.75, 3.05) is 12.3 Å². The minimum absolute atomic E-state index is 0.0342. The Bertz CT molecular complexity index is 642. The number of hydrogen-bond acceptors (Lipinski definition) is 4. The van der Waals surface area contributed by atoms with Gasteiger partial charge in [-0.2, -0.15) is 5.10 Å². The van der Waals surface area contributed by atoms with E-state index in [2.05, 4.69) is 15.2 Å². The molecule has 0 bridgehead atoms. The predicted octanol–water partition coefficient (Wildman–Crippen LogP) is 2.41. The first-order valence-corrected chi connectivity index (χ1v) is 7.27. The molecule has 3 rings (SSSR count). The molecule has 2 aromatic heterocycles. The molecule has 1 fully saturated rings. The molecule has 3 heterocycles. The van der Waals surface area contributed by atoms with Gasteiger partial charge in [0.25, 0.3) is 5.91 Å². The Labute approximate surface area is 127 Å². The van der Waals surface area contributed by atoms with Gasteiger partial charge in [0.2, 0.25) is 0 Å². The zero-order chi connectivity index (χ0) is 14.8. The Hall–Kier alpha value is -2.08. The highest BCUT2D eigenvalue weighted by atomic mass is 35.5. The van der Waals surface area contributed by atoms with Gasteiger partial charge in [-0.15, -0.1) is 0 Å². The summed E-state index contributed by atoms with van der Waals surface area (Å²) in [7, 11) is 0. The Kier molecular flexibility index (Phi) is 3.79. The number of anilines is 1. The number of nitrogens with one attached hydrogen (secondary N) is 1. The molecule has 0 spiro atoms. The number of pyridine rings is 1.